The zero-order chi connectivity index (χ0) is 20.3. The van der Waals surface area contributed by atoms with Crippen LogP contribution in [-0.4, -0.2) is 61.5 Å². The molecule has 0 spiro atoms. The summed E-state index contributed by atoms with van der Waals surface area (Å²) in [6, 6.07) is 6.61. The molecular formula is C17H26N2O5S3. The Bertz CT molecular complexity index is 698. The zero-order valence-electron chi connectivity index (χ0n) is 15.4. The largest absolute Gasteiger partial charge is 0.480 e. The quantitative estimate of drug-likeness (QED) is 0.432. The van der Waals surface area contributed by atoms with Crippen LogP contribution < -0.4 is 10.0 Å². The Morgan fingerprint density at radius 2 is 1.59 bits per heavy atom. The van der Waals surface area contributed by atoms with Crippen LogP contribution >= 0.6 is 23.5 Å². The summed E-state index contributed by atoms with van der Waals surface area (Å²) in [5.41, 5.74) is 0.609. The van der Waals surface area contributed by atoms with Crippen molar-refractivity contribution >= 4 is 45.4 Å². The second kappa shape index (κ2) is 12.3. The second-order valence-corrected chi connectivity index (χ2v) is 9.60. The lowest BCUT2D eigenvalue weighted by Crippen LogP contribution is -2.52. The van der Waals surface area contributed by atoms with Crippen LogP contribution in [0.1, 0.15) is 18.4 Å². The molecule has 1 aromatic carbocycles. The Morgan fingerprint density at radius 1 is 1.04 bits per heavy atom. The van der Waals surface area contributed by atoms with Gasteiger partial charge in [-0.05, 0) is 42.4 Å². The van der Waals surface area contributed by atoms with Crippen LogP contribution in [-0.2, 0) is 25.4 Å². The maximum absolute atomic E-state index is 12.5. The van der Waals surface area contributed by atoms with E-state index in [-0.39, 0.29) is 18.6 Å². The molecule has 3 N–H and O–H groups in total. The number of carbonyl (C=O) groups excluding carboxylic acids is 1. The molecule has 1 unspecified atom stereocenters. The standard InChI is InChI=1S/C17H26N2O5S3/c1-25-10-8-14(16(20)18-15(17(21)22)9-11-26-2)19-27(23,24)12-13-6-4-3-5-7-13/h3-7,14-15,19H,8-12H2,1-2H3,(H,18,20)(H,21,22)/t14-,15?/m0/s1. The number of thioether (sulfide) groups is 2. The fourth-order valence-corrected chi connectivity index (χ4v) is 4.61. The summed E-state index contributed by atoms with van der Waals surface area (Å²) >= 11 is 2.96. The van der Waals surface area contributed by atoms with Crippen LogP contribution in [0.5, 0.6) is 0 Å². The summed E-state index contributed by atoms with van der Waals surface area (Å²) in [5, 5.41) is 11.7. The van der Waals surface area contributed by atoms with Gasteiger partial charge in [0.2, 0.25) is 15.9 Å². The molecule has 27 heavy (non-hydrogen) atoms. The average molecular weight is 435 g/mol. The van der Waals surface area contributed by atoms with E-state index in [0.29, 0.717) is 17.1 Å². The minimum absolute atomic E-state index is 0.244. The number of carboxylic acid groups (broad SMARTS) is 1. The summed E-state index contributed by atoms with van der Waals surface area (Å²) in [7, 11) is -3.75. The summed E-state index contributed by atoms with van der Waals surface area (Å²) in [4.78, 5) is 23.9. The van der Waals surface area contributed by atoms with Crippen LogP contribution in [0.25, 0.3) is 0 Å². The van der Waals surface area contributed by atoms with Crippen molar-refractivity contribution in [1.29, 1.82) is 0 Å². The smallest absolute Gasteiger partial charge is 0.326 e. The van der Waals surface area contributed by atoms with Gasteiger partial charge in [-0.3, -0.25) is 4.79 Å². The van der Waals surface area contributed by atoms with Gasteiger partial charge in [0.05, 0.1) is 5.75 Å². The molecule has 1 aromatic rings. The molecular weight excluding hydrogens is 408 g/mol. The fourth-order valence-electron chi connectivity index (χ4n) is 2.30. The second-order valence-electron chi connectivity index (χ2n) is 5.88. The summed E-state index contributed by atoms with van der Waals surface area (Å²) in [5.74, 6) is -0.852. The molecule has 0 saturated heterocycles. The molecule has 2 atom stereocenters. The van der Waals surface area contributed by atoms with Crippen LogP contribution in [0, 0.1) is 0 Å². The van der Waals surface area contributed by atoms with Gasteiger partial charge in [-0.1, -0.05) is 30.3 Å². The summed E-state index contributed by atoms with van der Waals surface area (Å²) in [6.45, 7) is 0. The third-order valence-electron chi connectivity index (χ3n) is 3.67. The number of amides is 1. The van der Waals surface area contributed by atoms with E-state index in [9.17, 15) is 23.1 Å². The number of carboxylic acids is 1. The number of nitrogens with one attached hydrogen (secondary N) is 2. The van der Waals surface area contributed by atoms with Gasteiger partial charge in [0.25, 0.3) is 0 Å². The van der Waals surface area contributed by atoms with Crippen LogP contribution in [0.4, 0.5) is 0 Å². The molecule has 0 bridgehead atoms. The minimum Gasteiger partial charge on any atom is -0.480 e. The summed E-state index contributed by atoms with van der Waals surface area (Å²) in [6.07, 6.45) is 4.25. The van der Waals surface area contributed by atoms with Crippen molar-refractivity contribution in [3.05, 3.63) is 35.9 Å². The van der Waals surface area contributed by atoms with Crippen molar-refractivity contribution in [3.8, 4) is 0 Å². The first kappa shape index (κ1) is 23.8. The Hall–Kier alpha value is -1.23. The molecule has 10 heteroatoms. The third-order valence-corrected chi connectivity index (χ3v) is 6.32. The number of sulfonamides is 1. The molecule has 0 aliphatic carbocycles. The van der Waals surface area contributed by atoms with Crippen molar-refractivity contribution in [1.82, 2.24) is 10.0 Å². The predicted octanol–water partition coefficient (Wildman–Crippen LogP) is 1.55. The molecule has 0 aliphatic rings. The number of aliphatic carboxylic acids is 1. The molecule has 0 saturated carbocycles. The van der Waals surface area contributed by atoms with E-state index in [0.717, 1.165) is 0 Å². The topological polar surface area (TPSA) is 113 Å². The Morgan fingerprint density at radius 3 is 2.11 bits per heavy atom. The molecule has 0 heterocycles. The average Bonchev–Trinajstić information content (AvgIpc) is 2.62. The molecule has 0 aliphatic heterocycles. The lowest BCUT2D eigenvalue weighted by Gasteiger charge is -2.21. The Labute approximate surface area is 169 Å². The first-order valence-corrected chi connectivity index (χ1v) is 12.8. The van der Waals surface area contributed by atoms with Crippen LogP contribution in [0.3, 0.4) is 0 Å². The number of hydrogen-bond donors (Lipinski definition) is 3. The highest BCUT2D eigenvalue weighted by Gasteiger charge is 2.28. The van der Waals surface area contributed by atoms with Crippen molar-refractivity contribution in [2.75, 3.05) is 24.0 Å². The van der Waals surface area contributed by atoms with Gasteiger partial charge in [-0.15, -0.1) is 0 Å². The van der Waals surface area contributed by atoms with Crippen LogP contribution in [0.15, 0.2) is 30.3 Å². The van der Waals surface area contributed by atoms with Crippen molar-refractivity contribution in [3.63, 3.8) is 0 Å². The highest BCUT2D eigenvalue weighted by molar-refractivity contribution is 7.98. The lowest BCUT2D eigenvalue weighted by atomic mass is 10.2. The maximum Gasteiger partial charge on any atom is 0.326 e. The van der Waals surface area contributed by atoms with Crippen molar-refractivity contribution in [2.45, 2.75) is 30.7 Å². The van der Waals surface area contributed by atoms with Gasteiger partial charge >= 0.3 is 5.97 Å². The van der Waals surface area contributed by atoms with Gasteiger partial charge in [-0.2, -0.15) is 23.5 Å². The van der Waals surface area contributed by atoms with E-state index in [2.05, 4.69) is 10.0 Å². The van der Waals surface area contributed by atoms with E-state index in [4.69, 9.17) is 0 Å². The molecule has 0 fully saturated rings. The normalized spacial score (nSPS) is 13.7. The van der Waals surface area contributed by atoms with E-state index < -0.39 is 34.0 Å². The Kier molecular flexibility index (Phi) is 10.8. The Balaban J connectivity index is 2.83. The number of carbonyl (C=O) groups is 2. The van der Waals surface area contributed by atoms with Crippen molar-refractivity contribution < 1.29 is 23.1 Å². The SMILES string of the molecule is CSCCC(NC(=O)[C@H](CCSC)NS(=O)(=O)Cc1ccccc1)C(=O)O. The van der Waals surface area contributed by atoms with Crippen molar-refractivity contribution in [2.24, 2.45) is 0 Å². The zero-order valence-corrected chi connectivity index (χ0v) is 17.8. The van der Waals surface area contributed by atoms with Gasteiger partial charge < -0.3 is 10.4 Å². The van der Waals surface area contributed by atoms with Gasteiger partial charge in [-0.25, -0.2) is 17.9 Å². The van der Waals surface area contributed by atoms with Gasteiger partial charge in [0, 0.05) is 0 Å². The number of rotatable bonds is 13. The number of benzene rings is 1. The summed E-state index contributed by atoms with van der Waals surface area (Å²) < 4.78 is 27.3. The van der Waals surface area contributed by atoms with Gasteiger partial charge in [0.15, 0.2) is 0 Å². The molecule has 1 amide bonds. The molecule has 152 valence electrons. The highest BCUT2D eigenvalue weighted by atomic mass is 32.2. The molecule has 0 radical (unpaired) electrons. The predicted molar refractivity (Wildman–Crippen MR) is 112 cm³/mol. The van der Waals surface area contributed by atoms with Gasteiger partial charge in [0.1, 0.15) is 12.1 Å². The van der Waals surface area contributed by atoms with E-state index in [1.54, 1.807) is 30.3 Å². The minimum atomic E-state index is -3.75. The van der Waals surface area contributed by atoms with E-state index >= 15 is 0 Å². The first-order valence-electron chi connectivity index (χ1n) is 8.34. The van der Waals surface area contributed by atoms with E-state index in [1.165, 1.54) is 23.5 Å². The molecule has 7 nitrogen and oxygen atoms in total. The highest BCUT2D eigenvalue weighted by Crippen LogP contribution is 2.09. The first-order chi connectivity index (χ1) is 12.8. The lowest BCUT2D eigenvalue weighted by molar-refractivity contribution is -0.142. The number of hydrogen-bond acceptors (Lipinski definition) is 6. The van der Waals surface area contributed by atoms with E-state index in [1.807, 2.05) is 12.5 Å². The third kappa shape index (κ3) is 9.50. The van der Waals surface area contributed by atoms with Crippen LogP contribution in [0.2, 0.25) is 0 Å². The molecule has 1 rings (SSSR count). The monoisotopic (exact) mass is 434 g/mol. The maximum atomic E-state index is 12.5. The molecule has 0 aromatic heterocycles. The fraction of sp³-hybridized carbons (Fsp3) is 0.529.